The molecule has 0 aliphatic rings. The second kappa shape index (κ2) is 6.68. The Bertz CT molecular complexity index is 505. The van der Waals surface area contributed by atoms with Crippen molar-refractivity contribution in [3.8, 4) is 5.75 Å². The second-order valence-corrected chi connectivity index (χ2v) is 5.99. The number of hydrogen-bond donors (Lipinski definition) is 1. The number of thiazole rings is 1. The molecular weight excluding hydrogens is 258 g/mol. The number of nitrogens with zero attached hydrogens (tertiary/aromatic N) is 1. The van der Waals surface area contributed by atoms with Crippen molar-refractivity contribution in [3.05, 3.63) is 45.9 Å². The fourth-order valence-corrected chi connectivity index (χ4v) is 2.46. The maximum Gasteiger partial charge on any atom is 0.124 e. The molecule has 1 atom stereocenters. The monoisotopic (exact) mass is 277 g/mol. The standard InChI is InChI=1S/C15H19NO2S/c1-11(17)3-4-13-5-7-14(8-6-13)18-10-15-9-16-12(2)19-15/h5-9,11,17H,3-4,10H2,1-2H3. The van der Waals surface area contributed by atoms with Crippen LogP contribution in [0.25, 0.3) is 0 Å². The van der Waals surface area contributed by atoms with E-state index in [1.54, 1.807) is 11.3 Å². The van der Waals surface area contributed by atoms with E-state index in [2.05, 4.69) is 17.1 Å². The van der Waals surface area contributed by atoms with Gasteiger partial charge in [-0.25, -0.2) is 4.98 Å². The highest BCUT2D eigenvalue weighted by atomic mass is 32.1. The van der Waals surface area contributed by atoms with Crippen LogP contribution in [0, 0.1) is 6.92 Å². The number of aliphatic hydroxyl groups excluding tert-OH is 1. The van der Waals surface area contributed by atoms with Crippen molar-refractivity contribution in [1.29, 1.82) is 0 Å². The fraction of sp³-hybridized carbons (Fsp3) is 0.400. The van der Waals surface area contributed by atoms with Crippen molar-refractivity contribution >= 4 is 11.3 Å². The van der Waals surface area contributed by atoms with Crippen LogP contribution in [-0.2, 0) is 13.0 Å². The van der Waals surface area contributed by atoms with Crippen molar-refractivity contribution in [2.75, 3.05) is 0 Å². The van der Waals surface area contributed by atoms with Gasteiger partial charge in [-0.15, -0.1) is 11.3 Å². The highest BCUT2D eigenvalue weighted by Gasteiger charge is 2.01. The zero-order valence-corrected chi connectivity index (χ0v) is 12.1. The van der Waals surface area contributed by atoms with Gasteiger partial charge in [0.1, 0.15) is 12.4 Å². The molecular formula is C15H19NO2S. The highest BCUT2D eigenvalue weighted by molar-refractivity contribution is 7.11. The lowest BCUT2D eigenvalue weighted by Gasteiger charge is -2.07. The summed E-state index contributed by atoms with van der Waals surface area (Å²) in [5.74, 6) is 0.867. The molecule has 0 spiro atoms. The maximum atomic E-state index is 9.25. The number of aliphatic hydroxyl groups is 1. The van der Waals surface area contributed by atoms with Gasteiger partial charge in [0, 0.05) is 6.20 Å². The van der Waals surface area contributed by atoms with E-state index in [9.17, 15) is 5.11 Å². The van der Waals surface area contributed by atoms with Crippen LogP contribution < -0.4 is 4.74 Å². The Morgan fingerprint density at radius 2 is 2.05 bits per heavy atom. The Hall–Kier alpha value is -1.39. The third-order valence-corrected chi connectivity index (χ3v) is 3.71. The summed E-state index contributed by atoms with van der Waals surface area (Å²) >= 11 is 1.66. The topological polar surface area (TPSA) is 42.4 Å². The van der Waals surface area contributed by atoms with Gasteiger partial charge in [0.05, 0.1) is 16.0 Å². The number of benzene rings is 1. The molecule has 1 N–H and O–H groups in total. The van der Waals surface area contributed by atoms with Crippen LogP contribution in [0.2, 0.25) is 0 Å². The van der Waals surface area contributed by atoms with Crippen LogP contribution in [0.1, 0.15) is 28.8 Å². The Morgan fingerprint density at radius 3 is 2.63 bits per heavy atom. The average Bonchev–Trinajstić information content (AvgIpc) is 2.81. The molecule has 3 nitrogen and oxygen atoms in total. The molecule has 1 aromatic heterocycles. The molecule has 1 heterocycles. The summed E-state index contributed by atoms with van der Waals surface area (Å²) in [6.45, 7) is 4.37. The molecule has 0 aliphatic heterocycles. The van der Waals surface area contributed by atoms with Gasteiger partial charge in [-0.1, -0.05) is 12.1 Å². The molecule has 19 heavy (non-hydrogen) atoms. The van der Waals surface area contributed by atoms with Crippen molar-refractivity contribution in [1.82, 2.24) is 4.98 Å². The summed E-state index contributed by atoms with van der Waals surface area (Å²) in [5.41, 5.74) is 1.22. The van der Waals surface area contributed by atoms with Crippen molar-refractivity contribution in [2.45, 2.75) is 39.4 Å². The van der Waals surface area contributed by atoms with E-state index >= 15 is 0 Å². The van der Waals surface area contributed by atoms with E-state index in [0.717, 1.165) is 28.5 Å². The SMILES string of the molecule is Cc1ncc(COc2ccc(CCC(C)O)cc2)s1. The number of rotatable bonds is 6. The van der Waals surface area contributed by atoms with Crippen LogP contribution in [0.15, 0.2) is 30.5 Å². The molecule has 4 heteroatoms. The molecule has 0 amide bonds. The van der Waals surface area contributed by atoms with Gasteiger partial charge in [-0.3, -0.25) is 0 Å². The van der Waals surface area contributed by atoms with Crippen LogP contribution in [0.5, 0.6) is 5.75 Å². The number of ether oxygens (including phenoxy) is 1. The Balaban J connectivity index is 1.84. The predicted octanol–water partition coefficient (Wildman–Crippen LogP) is 3.34. The molecule has 0 bridgehead atoms. The van der Waals surface area contributed by atoms with Crippen LogP contribution in [0.3, 0.4) is 0 Å². The smallest absolute Gasteiger partial charge is 0.124 e. The lowest BCUT2D eigenvalue weighted by atomic mass is 10.1. The fourth-order valence-electron chi connectivity index (χ4n) is 1.75. The number of aromatic nitrogens is 1. The minimum atomic E-state index is -0.245. The van der Waals surface area contributed by atoms with E-state index < -0.39 is 0 Å². The minimum absolute atomic E-state index is 0.245. The molecule has 2 aromatic rings. The molecule has 1 unspecified atom stereocenters. The largest absolute Gasteiger partial charge is 0.488 e. The Labute approximate surface area is 117 Å². The summed E-state index contributed by atoms with van der Waals surface area (Å²) in [7, 11) is 0. The van der Waals surface area contributed by atoms with Crippen molar-refractivity contribution < 1.29 is 9.84 Å². The van der Waals surface area contributed by atoms with Gasteiger partial charge in [0.25, 0.3) is 0 Å². The Morgan fingerprint density at radius 1 is 1.32 bits per heavy atom. The summed E-state index contributed by atoms with van der Waals surface area (Å²) in [4.78, 5) is 5.33. The van der Waals surface area contributed by atoms with E-state index in [-0.39, 0.29) is 6.10 Å². The summed E-state index contributed by atoms with van der Waals surface area (Å²) in [6, 6.07) is 8.06. The molecule has 2 rings (SSSR count). The predicted molar refractivity (Wildman–Crippen MR) is 77.6 cm³/mol. The quantitative estimate of drug-likeness (QED) is 0.880. The number of aryl methyl sites for hydroxylation is 2. The minimum Gasteiger partial charge on any atom is -0.488 e. The molecule has 0 saturated carbocycles. The summed E-state index contributed by atoms with van der Waals surface area (Å²) < 4.78 is 5.71. The van der Waals surface area contributed by atoms with Crippen molar-refractivity contribution in [3.63, 3.8) is 0 Å². The first-order valence-corrected chi connectivity index (χ1v) is 7.26. The second-order valence-electron chi connectivity index (χ2n) is 4.67. The summed E-state index contributed by atoms with van der Waals surface area (Å²) in [6.07, 6.45) is 3.30. The molecule has 0 radical (unpaired) electrons. The van der Waals surface area contributed by atoms with Gasteiger partial charge < -0.3 is 9.84 Å². The maximum absolute atomic E-state index is 9.25. The lowest BCUT2D eigenvalue weighted by molar-refractivity contribution is 0.185. The number of hydrogen-bond acceptors (Lipinski definition) is 4. The lowest BCUT2D eigenvalue weighted by Crippen LogP contribution is -2.01. The average molecular weight is 277 g/mol. The molecule has 0 fully saturated rings. The third-order valence-electron chi connectivity index (χ3n) is 2.82. The van der Waals surface area contributed by atoms with E-state index in [4.69, 9.17) is 4.74 Å². The van der Waals surface area contributed by atoms with Gasteiger partial charge >= 0.3 is 0 Å². The van der Waals surface area contributed by atoms with Crippen LogP contribution in [0.4, 0.5) is 0 Å². The normalized spacial score (nSPS) is 12.4. The first-order valence-electron chi connectivity index (χ1n) is 6.44. The molecule has 0 aliphatic carbocycles. The van der Waals surface area contributed by atoms with Gasteiger partial charge in [-0.2, -0.15) is 0 Å². The van der Waals surface area contributed by atoms with Gasteiger partial charge in [-0.05, 0) is 44.4 Å². The Kier molecular flexibility index (Phi) is 4.93. The molecule has 0 saturated heterocycles. The molecule has 1 aromatic carbocycles. The third kappa shape index (κ3) is 4.65. The summed E-state index contributed by atoms with van der Waals surface area (Å²) in [5, 5.41) is 10.3. The van der Waals surface area contributed by atoms with Gasteiger partial charge in [0.2, 0.25) is 0 Å². The van der Waals surface area contributed by atoms with Crippen LogP contribution in [-0.4, -0.2) is 16.2 Å². The van der Waals surface area contributed by atoms with E-state index in [1.165, 1.54) is 5.56 Å². The van der Waals surface area contributed by atoms with Crippen molar-refractivity contribution in [2.24, 2.45) is 0 Å². The van der Waals surface area contributed by atoms with Crippen LogP contribution >= 0.6 is 11.3 Å². The van der Waals surface area contributed by atoms with E-state index in [0.29, 0.717) is 6.61 Å². The van der Waals surface area contributed by atoms with Gasteiger partial charge in [0.15, 0.2) is 0 Å². The zero-order valence-electron chi connectivity index (χ0n) is 11.3. The first kappa shape index (κ1) is 14.0. The van der Waals surface area contributed by atoms with E-state index in [1.807, 2.05) is 32.2 Å². The highest BCUT2D eigenvalue weighted by Crippen LogP contribution is 2.18. The molecule has 102 valence electrons. The first-order chi connectivity index (χ1) is 9.13. The zero-order chi connectivity index (χ0) is 13.7.